The van der Waals surface area contributed by atoms with E-state index >= 15 is 0 Å². The van der Waals surface area contributed by atoms with Crippen molar-refractivity contribution in [1.29, 1.82) is 0 Å². The summed E-state index contributed by atoms with van der Waals surface area (Å²) < 4.78 is 39.2. The van der Waals surface area contributed by atoms with Crippen LogP contribution in [0.1, 0.15) is 11.3 Å². The van der Waals surface area contributed by atoms with E-state index in [1.54, 1.807) is 23.6 Å². The van der Waals surface area contributed by atoms with Crippen molar-refractivity contribution in [2.45, 2.75) is 12.6 Å². The van der Waals surface area contributed by atoms with Crippen LogP contribution in [0.15, 0.2) is 58.4 Å². The highest BCUT2D eigenvalue weighted by atomic mass is 79.9. The van der Waals surface area contributed by atoms with Crippen LogP contribution in [-0.2, 0) is 17.4 Å². The number of nitrogens with one attached hydrogen (secondary N) is 2. The van der Waals surface area contributed by atoms with Crippen LogP contribution < -0.4 is 10.6 Å². The molecule has 0 aliphatic carbocycles. The van der Waals surface area contributed by atoms with Crippen LogP contribution in [0.3, 0.4) is 0 Å². The first-order chi connectivity index (χ1) is 12.8. The number of benzene rings is 2. The maximum absolute atomic E-state index is 12.8. The Bertz CT molecular complexity index is 959. The molecule has 1 aromatic heterocycles. The van der Waals surface area contributed by atoms with Gasteiger partial charge in [0.15, 0.2) is 5.13 Å². The highest BCUT2D eigenvalue weighted by molar-refractivity contribution is 9.10. The standard InChI is InChI=1S/C18H13BrF3N3OS/c19-12-4-2-6-14(8-12)23-16(26)9-15-10-27-17(25-15)24-13-5-1-3-11(7-13)18(20,21)22/h1-8,10H,9H2,(H,23,26)(H,24,25). The predicted molar refractivity (Wildman–Crippen MR) is 103 cm³/mol. The average Bonchev–Trinajstić information content (AvgIpc) is 3.01. The van der Waals surface area contributed by atoms with Gasteiger partial charge in [0.1, 0.15) is 0 Å². The van der Waals surface area contributed by atoms with Crippen LogP contribution in [0.2, 0.25) is 0 Å². The van der Waals surface area contributed by atoms with Gasteiger partial charge in [-0.25, -0.2) is 4.98 Å². The molecular formula is C18H13BrF3N3OS. The zero-order valence-electron chi connectivity index (χ0n) is 13.7. The lowest BCUT2D eigenvalue weighted by atomic mass is 10.2. The van der Waals surface area contributed by atoms with Crippen molar-refractivity contribution >= 4 is 49.7 Å². The van der Waals surface area contributed by atoms with Gasteiger partial charge < -0.3 is 10.6 Å². The fourth-order valence-corrected chi connectivity index (χ4v) is 3.41. The van der Waals surface area contributed by atoms with Crippen molar-refractivity contribution in [1.82, 2.24) is 4.98 Å². The number of rotatable bonds is 5. The zero-order chi connectivity index (χ0) is 19.4. The molecule has 1 amide bonds. The Kier molecular flexibility index (Phi) is 5.81. The number of thiazole rings is 1. The van der Waals surface area contributed by atoms with Gasteiger partial charge in [0, 0.05) is 21.2 Å². The summed E-state index contributed by atoms with van der Waals surface area (Å²) in [5.74, 6) is -0.232. The largest absolute Gasteiger partial charge is 0.416 e. The van der Waals surface area contributed by atoms with Crippen molar-refractivity contribution in [3.05, 3.63) is 69.6 Å². The number of carbonyl (C=O) groups excluding carboxylic acids is 1. The predicted octanol–water partition coefficient (Wildman–Crippen LogP) is 5.85. The number of hydrogen-bond acceptors (Lipinski definition) is 4. The molecule has 0 spiro atoms. The molecule has 0 saturated carbocycles. The molecule has 0 bridgehead atoms. The SMILES string of the molecule is O=C(Cc1csc(Nc2cccc(C(F)(F)F)c2)n1)Nc1cccc(Br)c1. The molecule has 2 aromatic carbocycles. The first-order valence-electron chi connectivity index (χ1n) is 7.74. The molecule has 140 valence electrons. The quantitative estimate of drug-likeness (QED) is 0.507. The number of alkyl halides is 3. The van der Waals surface area contributed by atoms with E-state index in [9.17, 15) is 18.0 Å². The number of hydrogen-bond donors (Lipinski definition) is 2. The third-order valence-electron chi connectivity index (χ3n) is 3.44. The Balaban J connectivity index is 1.62. The summed E-state index contributed by atoms with van der Waals surface area (Å²) in [5, 5.41) is 7.71. The first-order valence-corrected chi connectivity index (χ1v) is 9.41. The molecule has 0 aliphatic rings. The molecule has 1 heterocycles. The average molecular weight is 456 g/mol. The maximum Gasteiger partial charge on any atom is 0.416 e. The Morgan fingerprint density at radius 2 is 1.85 bits per heavy atom. The smallest absolute Gasteiger partial charge is 0.332 e. The van der Waals surface area contributed by atoms with Crippen molar-refractivity contribution in [2.75, 3.05) is 10.6 Å². The molecule has 0 unspecified atom stereocenters. The normalized spacial score (nSPS) is 11.3. The first kappa shape index (κ1) is 19.4. The monoisotopic (exact) mass is 455 g/mol. The molecule has 0 radical (unpaired) electrons. The lowest BCUT2D eigenvalue weighted by molar-refractivity contribution is -0.137. The number of amides is 1. The summed E-state index contributed by atoms with van der Waals surface area (Å²) in [5.41, 5.74) is 0.732. The summed E-state index contributed by atoms with van der Waals surface area (Å²) in [6.45, 7) is 0. The Morgan fingerprint density at radius 3 is 2.59 bits per heavy atom. The van der Waals surface area contributed by atoms with Gasteiger partial charge in [0.25, 0.3) is 0 Å². The van der Waals surface area contributed by atoms with Gasteiger partial charge in [-0.2, -0.15) is 13.2 Å². The van der Waals surface area contributed by atoms with E-state index in [0.29, 0.717) is 16.5 Å². The van der Waals surface area contributed by atoms with Crippen molar-refractivity contribution in [3.8, 4) is 0 Å². The molecule has 3 aromatic rings. The topological polar surface area (TPSA) is 54.0 Å². The molecule has 0 atom stereocenters. The number of halogens is 4. The van der Waals surface area contributed by atoms with Gasteiger partial charge in [0.05, 0.1) is 17.7 Å². The summed E-state index contributed by atoms with van der Waals surface area (Å²) in [7, 11) is 0. The van der Waals surface area contributed by atoms with Crippen molar-refractivity contribution < 1.29 is 18.0 Å². The van der Waals surface area contributed by atoms with Crippen LogP contribution in [0, 0.1) is 0 Å². The van der Waals surface area contributed by atoms with Crippen LogP contribution in [0.5, 0.6) is 0 Å². The van der Waals surface area contributed by atoms with Gasteiger partial charge in [-0.3, -0.25) is 4.79 Å². The lowest BCUT2D eigenvalue weighted by Crippen LogP contribution is -2.14. The molecule has 4 nitrogen and oxygen atoms in total. The Labute approximate surface area is 165 Å². The van der Waals surface area contributed by atoms with E-state index in [-0.39, 0.29) is 18.0 Å². The Morgan fingerprint density at radius 1 is 1.11 bits per heavy atom. The molecular weight excluding hydrogens is 443 g/mol. The number of carbonyl (C=O) groups is 1. The minimum absolute atomic E-state index is 0.0628. The Hall–Kier alpha value is -2.39. The highest BCUT2D eigenvalue weighted by Gasteiger charge is 2.30. The third kappa shape index (κ3) is 5.54. The van der Waals surface area contributed by atoms with Crippen molar-refractivity contribution in [3.63, 3.8) is 0 Å². The maximum atomic E-state index is 12.8. The number of anilines is 3. The van der Waals surface area contributed by atoms with E-state index in [2.05, 4.69) is 31.5 Å². The molecule has 0 saturated heterocycles. The third-order valence-corrected chi connectivity index (χ3v) is 4.74. The van der Waals surface area contributed by atoms with Gasteiger partial charge in [-0.1, -0.05) is 28.1 Å². The van der Waals surface area contributed by atoms with E-state index in [1.165, 1.54) is 23.5 Å². The molecule has 3 rings (SSSR count). The fourth-order valence-electron chi connectivity index (χ4n) is 2.28. The van der Waals surface area contributed by atoms with E-state index in [1.807, 2.05) is 6.07 Å². The minimum atomic E-state index is -4.41. The van der Waals surface area contributed by atoms with E-state index < -0.39 is 11.7 Å². The molecule has 0 aliphatic heterocycles. The second kappa shape index (κ2) is 8.10. The van der Waals surface area contributed by atoms with Gasteiger partial charge in [-0.15, -0.1) is 11.3 Å². The van der Waals surface area contributed by atoms with Crippen molar-refractivity contribution in [2.24, 2.45) is 0 Å². The zero-order valence-corrected chi connectivity index (χ0v) is 16.1. The van der Waals surface area contributed by atoms with Crippen LogP contribution in [0.25, 0.3) is 0 Å². The fraction of sp³-hybridized carbons (Fsp3) is 0.111. The minimum Gasteiger partial charge on any atom is -0.332 e. The van der Waals surface area contributed by atoms with Crippen LogP contribution in [0.4, 0.5) is 29.7 Å². The van der Waals surface area contributed by atoms with E-state index in [0.717, 1.165) is 16.6 Å². The van der Waals surface area contributed by atoms with Gasteiger partial charge in [0.2, 0.25) is 5.91 Å². The number of nitrogens with zero attached hydrogens (tertiary/aromatic N) is 1. The molecule has 9 heteroatoms. The molecule has 0 fully saturated rings. The summed E-state index contributed by atoms with van der Waals surface area (Å²) in [6, 6.07) is 12.1. The second-order valence-corrected chi connectivity index (χ2v) is 7.36. The molecule has 2 N–H and O–H groups in total. The highest BCUT2D eigenvalue weighted by Crippen LogP contribution is 2.31. The van der Waals surface area contributed by atoms with Gasteiger partial charge >= 0.3 is 6.18 Å². The second-order valence-electron chi connectivity index (χ2n) is 5.58. The van der Waals surface area contributed by atoms with Crippen LogP contribution >= 0.6 is 27.3 Å². The molecule has 27 heavy (non-hydrogen) atoms. The van der Waals surface area contributed by atoms with E-state index in [4.69, 9.17) is 0 Å². The summed E-state index contributed by atoms with van der Waals surface area (Å²) in [4.78, 5) is 16.4. The van der Waals surface area contributed by atoms with Gasteiger partial charge in [-0.05, 0) is 36.4 Å². The van der Waals surface area contributed by atoms with Crippen LogP contribution in [-0.4, -0.2) is 10.9 Å². The lowest BCUT2D eigenvalue weighted by Gasteiger charge is -2.09. The summed E-state index contributed by atoms with van der Waals surface area (Å²) >= 11 is 4.55. The number of aromatic nitrogens is 1. The summed E-state index contributed by atoms with van der Waals surface area (Å²) in [6.07, 6.45) is -4.34.